The summed E-state index contributed by atoms with van der Waals surface area (Å²) in [5, 5.41) is 11.4. The van der Waals surface area contributed by atoms with Gasteiger partial charge in [0.25, 0.3) is 5.91 Å². The minimum atomic E-state index is -1.01. The number of aliphatic carboxylic acids is 1. The maximum absolute atomic E-state index is 11.8. The minimum Gasteiger partial charge on any atom is -0.478 e. The lowest BCUT2D eigenvalue weighted by atomic mass is 10.1. The number of rotatable bonds is 7. The highest BCUT2D eigenvalue weighted by atomic mass is 16.4. The molecule has 1 amide bonds. The second kappa shape index (κ2) is 8.08. The Morgan fingerprint density at radius 2 is 2.11 bits per heavy atom. The Bertz CT molecular complexity index is 466. The molecule has 0 heterocycles. The van der Waals surface area contributed by atoms with E-state index >= 15 is 0 Å². The Kier molecular flexibility index (Phi) is 6.36. The Labute approximate surface area is 113 Å². The summed E-state index contributed by atoms with van der Waals surface area (Å²) in [6.45, 7) is 2.78. The lowest BCUT2D eigenvalue weighted by Crippen LogP contribution is -2.24. The van der Waals surface area contributed by atoms with Crippen LogP contribution in [0.2, 0.25) is 0 Å². The molecule has 0 spiro atoms. The lowest BCUT2D eigenvalue weighted by Gasteiger charge is -2.05. The molecule has 0 saturated carbocycles. The average molecular weight is 261 g/mol. The highest BCUT2D eigenvalue weighted by Gasteiger charge is 2.04. The van der Waals surface area contributed by atoms with Gasteiger partial charge in [-0.05, 0) is 30.2 Å². The van der Waals surface area contributed by atoms with Crippen LogP contribution >= 0.6 is 0 Å². The Morgan fingerprint density at radius 3 is 2.79 bits per heavy atom. The number of amides is 1. The van der Waals surface area contributed by atoms with Gasteiger partial charge in [-0.3, -0.25) is 4.79 Å². The van der Waals surface area contributed by atoms with Crippen molar-refractivity contribution in [1.29, 1.82) is 0 Å². The topological polar surface area (TPSA) is 66.4 Å². The van der Waals surface area contributed by atoms with Crippen molar-refractivity contribution in [2.24, 2.45) is 0 Å². The van der Waals surface area contributed by atoms with Crippen molar-refractivity contribution < 1.29 is 14.7 Å². The third-order valence-electron chi connectivity index (χ3n) is 2.63. The Morgan fingerprint density at radius 1 is 1.32 bits per heavy atom. The smallest absolute Gasteiger partial charge is 0.328 e. The molecule has 1 aromatic carbocycles. The summed E-state index contributed by atoms with van der Waals surface area (Å²) in [6, 6.07) is 6.89. The zero-order valence-corrected chi connectivity index (χ0v) is 11.1. The highest BCUT2D eigenvalue weighted by molar-refractivity contribution is 5.95. The number of carbonyl (C=O) groups is 2. The first-order valence-electron chi connectivity index (χ1n) is 6.42. The van der Waals surface area contributed by atoms with Gasteiger partial charge in [0.05, 0.1) is 0 Å². The van der Waals surface area contributed by atoms with Gasteiger partial charge in [0.15, 0.2) is 0 Å². The number of carboxylic acids is 1. The van der Waals surface area contributed by atoms with E-state index in [9.17, 15) is 9.59 Å². The second-order valence-electron chi connectivity index (χ2n) is 4.26. The van der Waals surface area contributed by atoms with Gasteiger partial charge in [-0.1, -0.05) is 31.9 Å². The number of hydrogen-bond acceptors (Lipinski definition) is 2. The second-order valence-corrected chi connectivity index (χ2v) is 4.26. The van der Waals surface area contributed by atoms with Crippen LogP contribution in [0.3, 0.4) is 0 Å². The van der Waals surface area contributed by atoms with Gasteiger partial charge >= 0.3 is 5.97 Å². The van der Waals surface area contributed by atoms with Gasteiger partial charge in [-0.2, -0.15) is 0 Å². The van der Waals surface area contributed by atoms with E-state index in [0.717, 1.165) is 25.3 Å². The molecule has 0 saturated heterocycles. The predicted octanol–water partition coefficient (Wildman–Crippen LogP) is 2.70. The van der Waals surface area contributed by atoms with E-state index in [0.29, 0.717) is 17.7 Å². The molecule has 0 unspecified atom stereocenters. The summed E-state index contributed by atoms with van der Waals surface area (Å²) in [6.07, 6.45) is 5.71. The molecule has 1 rings (SSSR count). The molecule has 0 aliphatic carbocycles. The first-order valence-corrected chi connectivity index (χ1v) is 6.42. The van der Waals surface area contributed by atoms with Gasteiger partial charge in [0.1, 0.15) is 0 Å². The maximum atomic E-state index is 11.8. The zero-order chi connectivity index (χ0) is 14.1. The molecule has 4 nitrogen and oxygen atoms in total. The molecule has 0 radical (unpaired) electrons. The molecule has 19 heavy (non-hydrogen) atoms. The van der Waals surface area contributed by atoms with Gasteiger partial charge in [0.2, 0.25) is 0 Å². The molecular formula is C15H19NO3. The van der Waals surface area contributed by atoms with Gasteiger partial charge in [-0.15, -0.1) is 0 Å². The van der Waals surface area contributed by atoms with Crippen molar-refractivity contribution in [1.82, 2.24) is 5.32 Å². The van der Waals surface area contributed by atoms with Crippen LogP contribution < -0.4 is 5.32 Å². The first kappa shape index (κ1) is 15.0. The first-order chi connectivity index (χ1) is 9.13. The van der Waals surface area contributed by atoms with Crippen LogP contribution in [0.1, 0.15) is 42.1 Å². The summed E-state index contributed by atoms with van der Waals surface area (Å²) in [5.41, 5.74) is 1.24. The van der Waals surface area contributed by atoms with Crippen molar-refractivity contribution in [3.8, 4) is 0 Å². The molecule has 1 aromatic rings. The number of nitrogens with one attached hydrogen (secondary N) is 1. The van der Waals surface area contributed by atoms with Crippen molar-refractivity contribution in [2.75, 3.05) is 6.54 Å². The summed E-state index contributed by atoms with van der Waals surface area (Å²) in [7, 11) is 0. The SMILES string of the molecule is CCCCCNC(=O)c1cccc(/C=C/C(=O)O)c1. The van der Waals surface area contributed by atoms with Crippen LogP contribution in [0.15, 0.2) is 30.3 Å². The Balaban J connectivity index is 2.60. The van der Waals surface area contributed by atoms with Crippen LogP contribution in [0.5, 0.6) is 0 Å². The Hall–Kier alpha value is -2.10. The van der Waals surface area contributed by atoms with E-state index in [1.54, 1.807) is 24.3 Å². The highest BCUT2D eigenvalue weighted by Crippen LogP contribution is 2.07. The normalized spacial score (nSPS) is 10.6. The molecule has 0 aliphatic rings. The zero-order valence-electron chi connectivity index (χ0n) is 11.1. The van der Waals surface area contributed by atoms with Crippen LogP contribution in [-0.4, -0.2) is 23.5 Å². The molecule has 0 aliphatic heterocycles. The van der Waals surface area contributed by atoms with Gasteiger partial charge in [-0.25, -0.2) is 4.79 Å². The lowest BCUT2D eigenvalue weighted by molar-refractivity contribution is -0.131. The third-order valence-corrected chi connectivity index (χ3v) is 2.63. The molecule has 0 aromatic heterocycles. The number of carboxylic acid groups (broad SMARTS) is 1. The number of unbranched alkanes of at least 4 members (excludes halogenated alkanes) is 2. The van der Waals surface area contributed by atoms with E-state index < -0.39 is 5.97 Å². The monoisotopic (exact) mass is 261 g/mol. The molecule has 0 atom stereocenters. The average Bonchev–Trinajstić information content (AvgIpc) is 2.41. The molecular weight excluding hydrogens is 242 g/mol. The summed E-state index contributed by atoms with van der Waals surface area (Å²) < 4.78 is 0. The molecule has 102 valence electrons. The number of hydrogen-bond donors (Lipinski definition) is 2. The molecule has 4 heteroatoms. The molecule has 0 fully saturated rings. The summed E-state index contributed by atoms with van der Waals surface area (Å²) in [4.78, 5) is 22.3. The van der Waals surface area contributed by atoms with Crippen LogP contribution in [0.25, 0.3) is 6.08 Å². The van der Waals surface area contributed by atoms with E-state index in [4.69, 9.17) is 5.11 Å². The van der Waals surface area contributed by atoms with E-state index in [1.165, 1.54) is 6.08 Å². The summed E-state index contributed by atoms with van der Waals surface area (Å²) in [5.74, 6) is -1.13. The number of benzene rings is 1. The fraction of sp³-hybridized carbons (Fsp3) is 0.333. The van der Waals surface area contributed by atoms with Gasteiger partial charge < -0.3 is 10.4 Å². The predicted molar refractivity (Wildman–Crippen MR) is 75.0 cm³/mol. The number of carbonyl (C=O) groups excluding carboxylic acids is 1. The maximum Gasteiger partial charge on any atom is 0.328 e. The van der Waals surface area contributed by atoms with Crippen LogP contribution in [-0.2, 0) is 4.79 Å². The fourth-order valence-corrected chi connectivity index (χ4v) is 1.63. The van der Waals surface area contributed by atoms with E-state index in [1.807, 2.05) is 0 Å². The van der Waals surface area contributed by atoms with Crippen molar-refractivity contribution in [3.63, 3.8) is 0 Å². The standard InChI is InChI=1S/C15H19NO3/c1-2-3-4-10-16-15(19)13-7-5-6-12(11-13)8-9-14(17)18/h5-9,11H,2-4,10H2,1H3,(H,16,19)(H,17,18)/b9-8+. The van der Waals surface area contributed by atoms with Gasteiger partial charge in [0, 0.05) is 18.2 Å². The minimum absolute atomic E-state index is 0.123. The fourth-order valence-electron chi connectivity index (χ4n) is 1.63. The largest absolute Gasteiger partial charge is 0.478 e. The third kappa shape index (κ3) is 5.86. The van der Waals surface area contributed by atoms with Crippen molar-refractivity contribution >= 4 is 18.0 Å². The quantitative estimate of drug-likeness (QED) is 0.586. The molecule has 2 N–H and O–H groups in total. The van der Waals surface area contributed by atoms with Crippen molar-refractivity contribution in [3.05, 3.63) is 41.5 Å². The van der Waals surface area contributed by atoms with E-state index in [2.05, 4.69) is 12.2 Å². The van der Waals surface area contributed by atoms with E-state index in [-0.39, 0.29) is 5.91 Å². The molecule has 0 bridgehead atoms. The van der Waals surface area contributed by atoms with Crippen molar-refractivity contribution in [2.45, 2.75) is 26.2 Å². The summed E-state index contributed by atoms with van der Waals surface area (Å²) >= 11 is 0. The van der Waals surface area contributed by atoms with Crippen LogP contribution in [0.4, 0.5) is 0 Å². The van der Waals surface area contributed by atoms with Crippen LogP contribution in [0, 0.1) is 0 Å².